The number of nitrogens with one attached hydrogen (secondary N) is 1. The number of nitrogens with zero attached hydrogens (tertiary/aromatic N) is 2. The number of aliphatic hydroxyl groups excluding tert-OH is 1. The minimum atomic E-state index is -0.770. The molecule has 2 heterocycles. The van der Waals surface area contributed by atoms with Crippen molar-refractivity contribution >= 4 is 17.5 Å². The van der Waals surface area contributed by atoms with Gasteiger partial charge >= 0.3 is 0 Å². The maximum absolute atomic E-state index is 13.1. The molecule has 0 radical (unpaired) electrons. The number of para-hydroxylation sites is 1. The molecule has 0 saturated heterocycles. The third kappa shape index (κ3) is 3.25. The highest BCUT2D eigenvalue weighted by atomic mass is 16.3. The molecule has 0 spiro atoms. The summed E-state index contributed by atoms with van der Waals surface area (Å²) in [5.41, 5.74) is 3.42. The Morgan fingerprint density at radius 1 is 1.24 bits per heavy atom. The zero-order valence-corrected chi connectivity index (χ0v) is 14.4. The number of rotatable bonds is 4. The Bertz CT molecular complexity index is 799. The van der Waals surface area contributed by atoms with Gasteiger partial charge in [0.05, 0.1) is 6.61 Å². The Kier molecular flexibility index (Phi) is 4.81. The number of benzene rings is 1. The minimum Gasteiger partial charge on any atom is -0.395 e. The molecule has 1 aromatic carbocycles. The predicted octanol–water partition coefficient (Wildman–Crippen LogP) is 1.11. The van der Waals surface area contributed by atoms with E-state index in [1.54, 1.807) is 10.8 Å². The van der Waals surface area contributed by atoms with E-state index >= 15 is 0 Å². The highest BCUT2D eigenvalue weighted by molar-refractivity contribution is 5.98. The monoisotopic (exact) mass is 340 g/mol. The van der Waals surface area contributed by atoms with Crippen LogP contribution in [-0.4, -0.2) is 35.0 Å². The van der Waals surface area contributed by atoms with Gasteiger partial charge < -0.3 is 15.3 Å². The SMILES string of the molecule is Cc1cccc(C)c1NC(=O)[C@H]1c2cccc[n+]2CC(=O)N1CCO. The van der Waals surface area contributed by atoms with Crippen molar-refractivity contribution < 1.29 is 19.3 Å². The topological polar surface area (TPSA) is 73.5 Å². The lowest BCUT2D eigenvalue weighted by atomic mass is 10.0. The zero-order chi connectivity index (χ0) is 18.0. The van der Waals surface area contributed by atoms with E-state index < -0.39 is 6.04 Å². The van der Waals surface area contributed by atoms with E-state index in [1.165, 1.54) is 4.90 Å². The quantitative estimate of drug-likeness (QED) is 0.819. The molecule has 0 unspecified atom stereocenters. The predicted molar refractivity (Wildman–Crippen MR) is 92.7 cm³/mol. The Balaban J connectivity index is 1.99. The Morgan fingerprint density at radius 3 is 2.64 bits per heavy atom. The van der Waals surface area contributed by atoms with Crippen LogP contribution in [-0.2, 0) is 16.1 Å². The molecule has 3 rings (SSSR count). The van der Waals surface area contributed by atoms with Gasteiger partial charge in [0.1, 0.15) is 0 Å². The smallest absolute Gasteiger partial charge is 0.289 e. The zero-order valence-electron chi connectivity index (χ0n) is 14.4. The van der Waals surface area contributed by atoms with Gasteiger partial charge in [0.2, 0.25) is 12.2 Å². The number of β-amino-alcohol motifs (C(OH)–C–C–N with tert-alkyl or cyclic N) is 1. The molecule has 6 nitrogen and oxygen atoms in total. The van der Waals surface area contributed by atoms with Gasteiger partial charge in [-0.25, -0.2) is 0 Å². The molecule has 2 amide bonds. The summed E-state index contributed by atoms with van der Waals surface area (Å²) in [6.45, 7) is 3.97. The van der Waals surface area contributed by atoms with Crippen LogP contribution in [0.1, 0.15) is 22.9 Å². The average molecular weight is 340 g/mol. The van der Waals surface area contributed by atoms with Crippen molar-refractivity contribution in [3.05, 3.63) is 59.4 Å². The van der Waals surface area contributed by atoms with Gasteiger partial charge in [-0.2, -0.15) is 4.57 Å². The number of carbonyl (C=O) groups is 2. The summed E-state index contributed by atoms with van der Waals surface area (Å²) in [5, 5.41) is 12.3. The molecule has 2 N–H and O–H groups in total. The Labute approximate surface area is 146 Å². The normalized spacial score (nSPS) is 16.5. The van der Waals surface area contributed by atoms with Gasteiger partial charge in [0.15, 0.2) is 12.2 Å². The lowest BCUT2D eigenvalue weighted by Crippen LogP contribution is -2.58. The second kappa shape index (κ2) is 7.03. The summed E-state index contributed by atoms with van der Waals surface area (Å²) in [6, 6.07) is 10.6. The molecule has 25 heavy (non-hydrogen) atoms. The summed E-state index contributed by atoms with van der Waals surface area (Å²) in [5.74, 6) is -0.460. The number of carbonyl (C=O) groups excluding carboxylic acids is 2. The number of anilines is 1. The van der Waals surface area contributed by atoms with Crippen LogP contribution in [0.5, 0.6) is 0 Å². The van der Waals surface area contributed by atoms with Gasteiger partial charge in [-0.05, 0) is 25.0 Å². The third-order valence-electron chi connectivity index (χ3n) is 4.51. The molecule has 1 aliphatic heterocycles. The fourth-order valence-electron chi connectivity index (χ4n) is 3.26. The van der Waals surface area contributed by atoms with Crippen LogP contribution < -0.4 is 9.88 Å². The summed E-state index contributed by atoms with van der Waals surface area (Å²) in [7, 11) is 0. The summed E-state index contributed by atoms with van der Waals surface area (Å²) in [6.07, 6.45) is 1.79. The first kappa shape index (κ1) is 17.1. The van der Waals surface area contributed by atoms with Crippen LogP contribution >= 0.6 is 0 Å². The molecule has 2 aromatic rings. The van der Waals surface area contributed by atoms with Crippen LogP contribution in [0, 0.1) is 13.8 Å². The van der Waals surface area contributed by atoms with Crippen LogP contribution in [0.3, 0.4) is 0 Å². The molecule has 1 atom stereocenters. The van der Waals surface area contributed by atoms with Crippen LogP contribution in [0.4, 0.5) is 5.69 Å². The molecule has 1 aromatic heterocycles. The standard InChI is InChI=1S/C19H21N3O3/c1-13-6-5-7-14(2)17(13)20-19(25)18-15-8-3-4-9-21(15)12-16(24)22(18)10-11-23/h3-9,18,23H,10-12H2,1-2H3/p+1/t18-/m1/s1. The highest BCUT2D eigenvalue weighted by Gasteiger charge is 2.42. The molecule has 6 heteroatoms. The maximum Gasteiger partial charge on any atom is 0.289 e. The molecule has 0 saturated carbocycles. The van der Waals surface area contributed by atoms with Crippen LogP contribution in [0.2, 0.25) is 0 Å². The fraction of sp³-hybridized carbons (Fsp3) is 0.316. The summed E-state index contributed by atoms with van der Waals surface area (Å²) >= 11 is 0. The van der Waals surface area contributed by atoms with Gasteiger partial charge in [0.25, 0.3) is 11.8 Å². The van der Waals surface area contributed by atoms with Crippen molar-refractivity contribution in [2.24, 2.45) is 0 Å². The average Bonchev–Trinajstić information content (AvgIpc) is 2.59. The highest BCUT2D eigenvalue weighted by Crippen LogP contribution is 2.26. The van der Waals surface area contributed by atoms with E-state index in [4.69, 9.17) is 0 Å². The third-order valence-corrected chi connectivity index (χ3v) is 4.51. The second-order valence-electron chi connectivity index (χ2n) is 6.22. The fourth-order valence-corrected chi connectivity index (χ4v) is 3.26. The Morgan fingerprint density at radius 2 is 1.96 bits per heavy atom. The maximum atomic E-state index is 13.1. The van der Waals surface area contributed by atoms with E-state index in [-0.39, 0.29) is 31.5 Å². The molecule has 0 aliphatic carbocycles. The number of aryl methyl sites for hydroxylation is 2. The molecule has 0 bridgehead atoms. The summed E-state index contributed by atoms with van der Waals surface area (Å²) in [4.78, 5) is 27.0. The summed E-state index contributed by atoms with van der Waals surface area (Å²) < 4.78 is 1.78. The number of fused-ring (bicyclic) bond motifs is 1. The molecular weight excluding hydrogens is 318 g/mol. The van der Waals surface area contributed by atoms with Gasteiger partial charge in [-0.1, -0.05) is 24.3 Å². The molecular formula is C19H22N3O3+. The van der Waals surface area contributed by atoms with Crippen LogP contribution in [0.15, 0.2) is 42.6 Å². The number of amides is 2. The van der Waals surface area contributed by atoms with E-state index in [0.29, 0.717) is 0 Å². The molecule has 0 fully saturated rings. The van der Waals surface area contributed by atoms with Crippen LogP contribution in [0.25, 0.3) is 0 Å². The van der Waals surface area contributed by atoms with Crippen molar-refractivity contribution in [1.82, 2.24) is 4.90 Å². The molecule has 130 valence electrons. The number of hydrogen-bond donors (Lipinski definition) is 2. The number of hydrogen-bond acceptors (Lipinski definition) is 3. The first-order chi connectivity index (χ1) is 12.0. The number of aliphatic hydroxyl groups is 1. The number of pyridine rings is 1. The lowest BCUT2D eigenvalue weighted by Gasteiger charge is -2.31. The van der Waals surface area contributed by atoms with Crippen molar-refractivity contribution in [3.8, 4) is 0 Å². The van der Waals surface area contributed by atoms with Crippen molar-refractivity contribution in [1.29, 1.82) is 0 Å². The van der Waals surface area contributed by atoms with E-state index in [1.807, 2.05) is 50.2 Å². The Hall–Kier alpha value is -2.73. The van der Waals surface area contributed by atoms with Gasteiger partial charge in [-0.15, -0.1) is 0 Å². The van der Waals surface area contributed by atoms with E-state index in [9.17, 15) is 14.7 Å². The van der Waals surface area contributed by atoms with Crippen molar-refractivity contribution in [2.75, 3.05) is 18.5 Å². The van der Waals surface area contributed by atoms with Crippen molar-refractivity contribution in [2.45, 2.75) is 26.4 Å². The van der Waals surface area contributed by atoms with Gasteiger partial charge in [-0.3, -0.25) is 9.59 Å². The largest absolute Gasteiger partial charge is 0.395 e. The second-order valence-corrected chi connectivity index (χ2v) is 6.22. The first-order valence-corrected chi connectivity index (χ1v) is 8.28. The van der Waals surface area contributed by atoms with E-state index in [2.05, 4.69) is 5.32 Å². The first-order valence-electron chi connectivity index (χ1n) is 8.28. The number of aromatic nitrogens is 1. The van der Waals surface area contributed by atoms with Gasteiger partial charge in [0, 0.05) is 24.4 Å². The van der Waals surface area contributed by atoms with E-state index in [0.717, 1.165) is 22.5 Å². The minimum absolute atomic E-state index is 0.124. The molecule has 1 aliphatic rings. The van der Waals surface area contributed by atoms with Crippen molar-refractivity contribution in [3.63, 3.8) is 0 Å². The lowest BCUT2D eigenvalue weighted by molar-refractivity contribution is -0.698.